The number of piperidine rings is 1. The van der Waals surface area contributed by atoms with Crippen molar-refractivity contribution < 1.29 is 4.79 Å². The molecule has 0 spiro atoms. The number of hydrogen-bond acceptors (Lipinski definition) is 3. The molecule has 1 amide bonds. The molecule has 0 aliphatic carbocycles. The van der Waals surface area contributed by atoms with Crippen LogP contribution < -0.4 is 5.32 Å². The monoisotopic (exact) mass is 368 g/mol. The Kier molecular flexibility index (Phi) is 6.67. The smallest absolute Gasteiger partial charge is 0.220 e. The second kappa shape index (κ2) is 9.18. The highest BCUT2D eigenvalue weighted by molar-refractivity contribution is 5.76. The first kappa shape index (κ1) is 19.6. The molecule has 3 rings (SSSR count). The van der Waals surface area contributed by atoms with Crippen LogP contribution in [0.2, 0.25) is 0 Å². The molecule has 27 heavy (non-hydrogen) atoms. The Bertz CT molecular complexity index is 732. The third kappa shape index (κ3) is 5.42. The van der Waals surface area contributed by atoms with Crippen molar-refractivity contribution in [3.8, 4) is 0 Å². The van der Waals surface area contributed by atoms with E-state index in [1.165, 1.54) is 5.56 Å². The summed E-state index contributed by atoms with van der Waals surface area (Å²) < 4.78 is 1.85. The first-order chi connectivity index (χ1) is 13.0. The van der Waals surface area contributed by atoms with Gasteiger partial charge in [0.1, 0.15) is 0 Å². The summed E-state index contributed by atoms with van der Waals surface area (Å²) in [5.41, 5.74) is 3.61. The lowest BCUT2D eigenvalue weighted by Crippen LogP contribution is -2.37. The Morgan fingerprint density at radius 1 is 1.26 bits per heavy atom. The SMILES string of the molecule is Cc1c([C@@H](C)NC(=O)CC2CCN(CCc3ccccc3)CC2)cnn1C. The van der Waals surface area contributed by atoms with Crippen molar-refractivity contribution in [3.05, 3.63) is 53.3 Å². The molecule has 1 N–H and O–H groups in total. The minimum absolute atomic E-state index is 0.0113. The van der Waals surface area contributed by atoms with Gasteiger partial charge in [0.05, 0.1) is 12.2 Å². The van der Waals surface area contributed by atoms with E-state index in [4.69, 9.17) is 0 Å². The molecule has 1 aromatic heterocycles. The van der Waals surface area contributed by atoms with Gasteiger partial charge in [0.2, 0.25) is 5.91 Å². The van der Waals surface area contributed by atoms with Crippen LogP contribution in [0, 0.1) is 12.8 Å². The summed E-state index contributed by atoms with van der Waals surface area (Å²) in [5.74, 6) is 0.661. The summed E-state index contributed by atoms with van der Waals surface area (Å²) in [5, 5.41) is 7.42. The van der Waals surface area contributed by atoms with Crippen LogP contribution >= 0.6 is 0 Å². The molecule has 1 fully saturated rings. The van der Waals surface area contributed by atoms with E-state index in [2.05, 4.69) is 45.6 Å². The topological polar surface area (TPSA) is 50.2 Å². The standard InChI is InChI=1S/C22H32N4O/c1-17(21-16-23-25(3)18(21)2)24-22(27)15-20-10-13-26(14-11-20)12-9-19-7-5-4-6-8-19/h4-8,16-17,20H,9-15H2,1-3H3,(H,24,27)/t17-/m1/s1. The van der Waals surface area contributed by atoms with E-state index in [0.29, 0.717) is 12.3 Å². The lowest BCUT2D eigenvalue weighted by molar-refractivity contribution is -0.123. The Labute approximate surface area is 162 Å². The van der Waals surface area contributed by atoms with E-state index < -0.39 is 0 Å². The average molecular weight is 369 g/mol. The van der Waals surface area contributed by atoms with Gasteiger partial charge in [-0.1, -0.05) is 30.3 Å². The van der Waals surface area contributed by atoms with Crippen molar-refractivity contribution in [2.24, 2.45) is 13.0 Å². The van der Waals surface area contributed by atoms with E-state index in [0.717, 1.165) is 50.2 Å². The van der Waals surface area contributed by atoms with Crippen LogP contribution in [0.5, 0.6) is 0 Å². The second-order valence-electron chi connectivity index (χ2n) is 7.82. The zero-order chi connectivity index (χ0) is 19.2. The van der Waals surface area contributed by atoms with Gasteiger partial charge in [-0.3, -0.25) is 9.48 Å². The first-order valence-electron chi connectivity index (χ1n) is 10.1. The highest BCUT2D eigenvalue weighted by Crippen LogP contribution is 2.22. The Morgan fingerprint density at radius 3 is 2.59 bits per heavy atom. The van der Waals surface area contributed by atoms with Gasteiger partial charge < -0.3 is 10.2 Å². The number of likely N-dealkylation sites (tertiary alicyclic amines) is 1. The maximum absolute atomic E-state index is 12.5. The minimum atomic E-state index is 0.0113. The molecule has 2 heterocycles. The van der Waals surface area contributed by atoms with Crippen molar-refractivity contribution in [2.45, 2.75) is 45.6 Å². The van der Waals surface area contributed by atoms with Crippen molar-refractivity contribution in [1.29, 1.82) is 0 Å². The average Bonchev–Trinajstić information content (AvgIpc) is 3.01. The summed E-state index contributed by atoms with van der Waals surface area (Å²) in [6.07, 6.45) is 5.82. The minimum Gasteiger partial charge on any atom is -0.349 e. The number of rotatable bonds is 7. The van der Waals surface area contributed by atoms with E-state index in [1.807, 2.05) is 31.8 Å². The number of benzene rings is 1. The van der Waals surface area contributed by atoms with Crippen molar-refractivity contribution in [1.82, 2.24) is 20.0 Å². The Morgan fingerprint density at radius 2 is 1.96 bits per heavy atom. The first-order valence-corrected chi connectivity index (χ1v) is 10.1. The Hall–Kier alpha value is -2.14. The number of nitrogens with one attached hydrogen (secondary N) is 1. The maximum atomic E-state index is 12.5. The molecule has 5 nitrogen and oxygen atoms in total. The molecule has 5 heteroatoms. The molecule has 0 radical (unpaired) electrons. The van der Waals surface area contributed by atoms with E-state index in [1.54, 1.807) is 0 Å². The molecule has 1 aliphatic heterocycles. The van der Waals surface area contributed by atoms with Crippen LogP contribution in [0.3, 0.4) is 0 Å². The molecule has 2 aromatic rings. The van der Waals surface area contributed by atoms with Crippen LogP contribution in [0.4, 0.5) is 0 Å². The highest BCUT2D eigenvalue weighted by Gasteiger charge is 2.22. The number of carbonyl (C=O) groups is 1. The largest absolute Gasteiger partial charge is 0.349 e. The molecule has 0 bridgehead atoms. The maximum Gasteiger partial charge on any atom is 0.220 e. The van der Waals surface area contributed by atoms with Crippen molar-refractivity contribution in [2.75, 3.05) is 19.6 Å². The third-order valence-corrected chi connectivity index (χ3v) is 5.86. The van der Waals surface area contributed by atoms with Gasteiger partial charge in [-0.2, -0.15) is 5.10 Å². The van der Waals surface area contributed by atoms with E-state index >= 15 is 0 Å². The van der Waals surface area contributed by atoms with Gasteiger partial charge in [0.15, 0.2) is 0 Å². The predicted octanol–water partition coefficient (Wildman–Crippen LogP) is 3.25. The normalized spacial score (nSPS) is 17.0. The van der Waals surface area contributed by atoms with Crippen molar-refractivity contribution in [3.63, 3.8) is 0 Å². The Balaban J connectivity index is 1.38. The molecule has 1 aromatic carbocycles. The summed E-state index contributed by atoms with van der Waals surface area (Å²) in [6.45, 7) is 7.38. The van der Waals surface area contributed by atoms with Gasteiger partial charge in [0, 0.05) is 31.3 Å². The molecule has 0 unspecified atom stereocenters. The number of hydrogen-bond donors (Lipinski definition) is 1. The fourth-order valence-electron chi connectivity index (χ4n) is 3.93. The predicted molar refractivity (Wildman–Crippen MR) is 108 cm³/mol. The molecule has 1 aliphatic rings. The third-order valence-electron chi connectivity index (χ3n) is 5.86. The van der Waals surface area contributed by atoms with Crippen LogP contribution in [0.25, 0.3) is 0 Å². The second-order valence-corrected chi connectivity index (χ2v) is 7.82. The van der Waals surface area contributed by atoms with E-state index in [9.17, 15) is 4.79 Å². The van der Waals surface area contributed by atoms with Crippen molar-refractivity contribution >= 4 is 5.91 Å². The summed E-state index contributed by atoms with van der Waals surface area (Å²) >= 11 is 0. The van der Waals surface area contributed by atoms with Gasteiger partial charge >= 0.3 is 0 Å². The number of amides is 1. The fraction of sp³-hybridized carbons (Fsp3) is 0.545. The zero-order valence-electron chi connectivity index (χ0n) is 16.8. The molecular weight excluding hydrogens is 336 g/mol. The zero-order valence-corrected chi connectivity index (χ0v) is 16.8. The number of carbonyl (C=O) groups excluding carboxylic acids is 1. The molecular formula is C22H32N4O. The van der Waals surface area contributed by atoms with E-state index in [-0.39, 0.29) is 11.9 Å². The lowest BCUT2D eigenvalue weighted by Gasteiger charge is -2.31. The summed E-state index contributed by atoms with van der Waals surface area (Å²) in [6, 6.07) is 10.7. The van der Waals surface area contributed by atoms with Crippen LogP contribution in [-0.4, -0.2) is 40.2 Å². The fourth-order valence-corrected chi connectivity index (χ4v) is 3.93. The number of aromatic nitrogens is 2. The molecule has 146 valence electrons. The molecule has 1 saturated heterocycles. The van der Waals surface area contributed by atoms with Crippen LogP contribution in [0.15, 0.2) is 36.5 Å². The van der Waals surface area contributed by atoms with Gasteiger partial charge in [-0.15, -0.1) is 0 Å². The molecule has 1 atom stereocenters. The van der Waals surface area contributed by atoms with Crippen LogP contribution in [0.1, 0.15) is 49.0 Å². The molecule has 0 saturated carbocycles. The quantitative estimate of drug-likeness (QED) is 0.816. The van der Waals surface area contributed by atoms with Gasteiger partial charge in [-0.05, 0) is 57.7 Å². The van der Waals surface area contributed by atoms with Gasteiger partial charge in [0.25, 0.3) is 0 Å². The number of nitrogens with zero attached hydrogens (tertiary/aromatic N) is 3. The summed E-state index contributed by atoms with van der Waals surface area (Å²) in [7, 11) is 1.93. The van der Waals surface area contributed by atoms with Crippen LogP contribution in [-0.2, 0) is 18.3 Å². The van der Waals surface area contributed by atoms with Gasteiger partial charge in [-0.25, -0.2) is 0 Å². The lowest BCUT2D eigenvalue weighted by atomic mass is 9.92. The number of aryl methyl sites for hydroxylation is 1. The summed E-state index contributed by atoms with van der Waals surface area (Å²) in [4.78, 5) is 15.0. The highest BCUT2D eigenvalue weighted by atomic mass is 16.1.